The van der Waals surface area contributed by atoms with Gasteiger partial charge in [0, 0.05) is 0 Å². The van der Waals surface area contributed by atoms with E-state index in [0.717, 1.165) is 12.8 Å². The minimum atomic E-state index is -0.908. The van der Waals surface area contributed by atoms with Crippen LogP contribution < -0.4 is 0 Å². The molecule has 18 heavy (non-hydrogen) atoms. The SMILES string of the molecule is CC1CCC(O)(C(C)C(=O)OC(C)(C)C)C(C)C1. The Morgan fingerprint density at radius 2 is 1.94 bits per heavy atom. The molecular formula is C15H28O3. The third kappa shape index (κ3) is 3.47. The second kappa shape index (κ2) is 5.20. The molecule has 0 aromatic rings. The summed E-state index contributed by atoms with van der Waals surface area (Å²) in [4.78, 5) is 12.1. The van der Waals surface area contributed by atoms with Crippen LogP contribution in [0.5, 0.6) is 0 Å². The number of aliphatic hydroxyl groups is 1. The fraction of sp³-hybridized carbons (Fsp3) is 0.933. The quantitative estimate of drug-likeness (QED) is 0.772. The van der Waals surface area contributed by atoms with Gasteiger partial charge in [-0.1, -0.05) is 13.8 Å². The lowest BCUT2D eigenvalue weighted by Crippen LogP contribution is -2.50. The van der Waals surface area contributed by atoms with Gasteiger partial charge in [0.05, 0.1) is 11.5 Å². The Labute approximate surface area is 111 Å². The Morgan fingerprint density at radius 1 is 1.39 bits per heavy atom. The van der Waals surface area contributed by atoms with Gasteiger partial charge in [0.15, 0.2) is 0 Å². The van der Waals surface area contributed by atoms with Crippen molar-refractivity contribution in [1.82, 2.24) is 0 Å². The molecule has 0 aromatic carbocycles. The molecular weight excluding hydrogens is 228 g/mol. The Balaban J connectivity index is 2.75. The van der Waals surface area contributed by atoms with Gasteiger partial charge in [-0.3, -0.25) is 4.79 Å². The topological polar surface area (TPSA) is 46.5 Å². The summed E-state index contributed by atoms with van der Waals surface area (Å²) in [5.74, 6) is 0.0282. The summed E-state index contributed by atoms with van der Waals surface area (Å²) in [5, 5.41) is 10.8. The van der Waals surface area contributed by atoms with Crippen LogP contribution in [0.3, 0.4) is 0 Å². The highest BCUT2D eigenvalue weighted by Crippen LogP contribution is 2.42. The highest BCUT2D eigenvalue weighted by atomic mass is 16.6. The smallest absolute Gasteiger partial charge is 0.312 e. The molecule has 0 aromatic heterocycles. The number of esters is 1. The van der Waals surface area contributed by atoms with Gasteiger partial charge < -0.3 is 9.84 Å². The summed E-state index contributed by atoms with van der Waals surface area (Å²) >= 11 is 0. The maximum atomic E-state index is 12.1. The zero-order chi connectivity index (χ0) is 14.1. The predicted molar refractivity (Wildman–Crippen MR) is 72.1 cm³/mol. The van der Waals surface area contributed by atoms with Crippen molar-refractivity contribution in [3.05, 3.63) is 0 Å². The van der Waals surface area contributed by atoms with Crippen LogP contribution in [0.25, 0.3) is 0 Å². The Hall–Kier alpha value is -0.570. The highest BCUT2D eigenvalue weighted by molar-refractivity contribution is 5.74. The first-order valence-electron chi connectivity index (χ1n) is 7.01. The van der Waals surface area contributed by atoms with E-state index in [0.29, 0.717) is 12.3 Å². The number of ether oxygens (including phenoxy) is 1. The first kappa shape index (κ1) is 15.5. The number of carbonyl (C=O) groups is 1. The van der Waals surface area contributed by atoms with Gasteiger partial charge in [-0.15, -0.1) is 0 Å². The molecule has 0 saturated heterocycles. The third-order valence-electron chi connectivity index (χ3n) is 4.16. The molecule has 1 rings (SSSR count). The van der Waals surface area contributed by atoms with Gasteiger partial charge in [0.2, 0.25) is 0 Å². The van der Waals surface area contributed by atoms with Crippen LogP contribution in [0, 0.1) is 17.8 Å². The molecule has 1 aliphatic carbocycles. The van der Waals surface area contributed by atoms with E-state index in [4.69, 9.17) is 4.74 Å². The van der Waals surface area contributed by atoms with Crippen LogP contribution in [0.1, 0.15) is 60.8 Å². The van der Waals surface area contributed by atoms with Crippen molar-refractivity contribution in [1.29, 1.82) is 0 Å². The van der Waals surface area contributed by atoms with E-state index in [1.54, 1.807) is 6.92 Å². The average molecular weight is 256 g/mol. The molecule has 0 aliphatic heterocycles. The van der Waals surface area contributed by atoms with E-state index in [2.05, 4.69) is 6.92 Å². The molecule has 1 N–H and O–H groups in total. The Kier molecular flexibility index (Phi) is 4.47. The van der Waals surface area contributed by atoms with Crippen molar-refractivity contribution in [2.75, 3.05) is 0 Å². The second-order valence-electron chi connectivity index (χ2n) is 7.03. The number of hydrogen-bond acceptors (Lipinski definition) is 3. The summed E-state index contributed by atoms with van der Waals surface area (Å²) in [6, 6.07) is 0. The van der Waals surface area contributed by atoms with E-state index in [1.165, 1.54) is 0 Å². The zero-order valence-electron chi connectivity index (χ0n) is 12.6. The predicted octanol–water partition coefficient (Wildman–Crippen LogP) is 3.15. The van der Waals surface area contributed by atoms with Crippen molar-refractivity contribution >= 4 is 5.97 Å². The molecule has 1 saturated carbocycles. The standard InChI is InChI=1S/C15H28O3/c1-10-7-8-15(17,11(2)9-10)12(3)13(16)18-14(4,5)6/h10-12,17H,7-9H2,1-6H3. The lowest BCUT2D eigenvalue weighted by atomic mass is 9.67. The van der Waals surface area contributed by atoms with Gasteiger partial charge in [-0.2, -0.15) is 0 Å². The molecule has 4 unspecified atom stereocenters. The van der Waals surface area contributed by atoms with Crippen LogP contribution in [-0.4, -0.2) is 22.3 Å². The van der Waals surface area contributed by atoms with Gasteiger partial charge in [0.1, 0.15) is 5.60 Å². The van der Waals surface area contributed by atoms with Crippen molar-refractivity contribution in [2.45, 2.75) is 72.0 Å². The van der Waals surface area contributed by atoms with Gasteiger partial charge in [-0.05, 0) is 58.8 Å². The monoisotopic (exact) mass is 256 g/mol. The third-order valence-corrected chi connectivity index (χ3v) is 4.16. The van der Waals surface area contributed by atoms with E-state index >= 15 is 0 Å². The van der Waals surface area contributed by atoms with Crippen LogP contribution >= 0.6 is 0 Å². The summed E-state index contributed by atoms with van der Waals surface area (Å²) in [7, 11) is 0. The van der Waals surface area contributed by atoms with E-state index < -0.39 is 17.1 Å². The maximum Gasteiger partial charge on any atom is 0.312 e. The summed E-state index contributed by atoms with van der Waals surface area (Å²) in [6.45, 7) is 11.6. The molecule has 1 aliphatic rings. The molecule has 0 amide bonds. The van der Waals surface area contributed by atoms with Crippen LogP contribution in [0.2, 0.25) is 0 Å². The molecule has 106 valence electrons. The minimum Gasteiger partial charge on any atom is -0.460 e. The van der Waals surface area contributed by atoms with Crippen LogP contribution in [-0.2, 0) is 9.53 Å². The van der Waals surface area contributed by atoms with E-state index in [1.807, 2.05) is 27.7 Å². The van der Waals surface area contributed by atoms with E-state index in [-0.39, 0.29) is 11.9 Å². The molecule has 3 heteroatoms. The molecule has 0 spiro atoms. The Morgan fingerprint density at radius 3 is 2.39 bits per heavy atom. The lowest BCUT2D eigenvalue weighted by molar-refractivity contribution is -0.176. The molecule has 1 fully saturated rings. The van der Waals surface area contributed by atoms with Gasteiger partial charge in [0.25, 0.3) is 0 Å². The lowest BCUT2D eigenvalue weighted by Gasteiger charge is -2.44. The summed E-state index contributed by atoms with van der Waals surface area (Å²) < 4.78 is 5.39. The number of rotatable bonds is 2. The number of carbonyl (C=O) groups excluding carboxylic acids is 1. The zero-order valence-corrected chi connectivity index (χ0v) is 12.6. The molecule has 0 heterocycles. The van der Waals surface area contributed by atoms with Crippen LogP contribution in [0.4, 0.5) is 0 Å². The van der Waals surface area contributed by atoms with Gasteiger partial charge >= 0.3 is 5.97 Å². The van der Waals surface area contributed by atoms with Crippen molar-refractivity contribution in [3.8, 4) is 0 Å². The van der Waals surface area contributed by atoms with E-state index in [9.17, 15) is 9.90 Å². The highest BCUT2D eigenvalue weighted by Gasteiger charge is 2.46. The van der Waals surface area contributed by atoms with Crippen molar-refractivity contribution in [3.63, 3.8) is 0 Å². The van der Waals surface area contributed by atoms with Crippen molar-refractivity contribution in [2.24, 2.45) is 17.8 Å². The number of hydrogen-bond donors (Lipinski definition) is 1. The molecule has 4 atom stereocenters. The fourth-order valence-corrected chi connectivity index (χ4v) is 2.89. The van der Waals surface area contributed by atoms with Crippen molar-refractivity contribution < 1.29 is 14.6 Å². The fourth-order valence-electron chi connectivity index (χ4n) is 2.89. The first-order valence-corrected chi connectivity index (χ1v) is 7.01. The normalized spacial score (nSPS) is 35.1. The summed E-state index contributed by atoms with van der Waals surface area (Å²) in [5.41, 5.74) is -1.40. The molecule has 3 nitrogen and oxygen atoms in total. The molecule has 0 bridgehead atoms. The average Bonchev–Trinajstić information content (AvgIpc) is 2.20. The summed E-state index contributed by atoms with van der Waals surface area (Å²) in [6.07, 6.45) is 2.65. The van der Waals surface area contributed by atoms with Gasteiger partial charge in [-0.25, -0.2) is 0 Å². The first-order chi connectivity index (χ1) is 8.06. The Bertz CT molecular complexity index is 305. The molecule has 0 radical (unpaired) electrons. The second-order valence-corrected chi connectivity index (χ2v) is 7.03. The van der Waals surface area contributed by atoms with Crippen LogP contribution in [0.15, 0.2) is 0 Å². The largest absolute Gasteiger partial charge is 0.460 e. The minimum absolute atomic E-state index is 0.142. The maximum absolute atomic E-state index is 12.1.